The average Bonchev–Trinajstić information content (AvgIpc) is 3.38. The first-order valence-electron chi connectivity index (χ1n) is 9.28. The van der Waals surface area contributed by atoms with Crippen molar-refractivity contribution in [2.75, 3.05) is 5.32 Å². The zero-order valence-corrected chi connectivity index (χ0v) is 17.8. The molecule has 0 radical (unpaired) electrons. The lowest BCUT2D eigenvalue weighted by Crippen LogP contribution is -2.12. The van der Waals surface area contributed by atoms with Gasteiger partial charge in [-0.1, -0.05) is 41.9 Å². The van der Waals surface area contributed by atoms with E-state index >= 15 is 0 Å². The molecule has 30 heavy (non-hydrogen) atoms. The first-order chi connectivity index (χ1) is 14.6. The number of hydrogen-bond acceptors (Lipinski definition) is 5. The number of ether oxygens (including phenoxy) is 1. The van der Waals surface area contributed by atoms with Crippen LogP contribution in [-0.2, 0) is 13.2 Å². The van der Waals surface area contributed by atoms with E-state index in [1.54, 1.807) is 29.2 Å². The number of carbonyl (C=O) groups excluding carboxylic acids is 1. The third kappa shape index (κ3) is 5.06. The number of thiophene rings is 1. The summed E-state index contributed by atoms with van der Waals surface area (Å²) in [6.07, 6.45) is 1.61. The second-order valence-corrected chi connectivity index (χ2v) is 8.06. The maximum Gasteiger partial charge on any atom is 0.268 e. The van der Waals surface area contributed by atoms with Crippen LogP contribution < -0.4 is 10.1 Å². The van der Waals surface area contributed by atoms with Gasteiger partial charge in [-0.25, -0.2) is 9.67 Å². The van der Waals surface area contributed by atoms with Crippen molar-refractivity contribution in [3.8, 4) is 5.75 Å². The number of aromatic nitrogens is 3. The molecule has 0 bridgehead atoms. The van der Waals surface area contributed by atoms with E-state index in [-0.39, 0.29) is 11.9 Å². The molecule has 0 unspecified atom stereocenters. The Labute approximate surface area is 183 Å². The molecular formula is C22H19ClN4O2S. The van der Waals surface area contributed by atoms with E-state index in [0.29, 0.717) is 28.8 Å². The molecule has 4 aromatic rings. The number of anilines is 1. The van der Waals surface area contributed by atoms with Crippen LogP contribution in [0.25, 0.3) is 0 Å². The van der Waals surface area contributed by atoms with Gasteiger partial charge in [-0.15, -0.1) is 16.4 Å². The molecule has 0 aliphatic rings. The molecule has 0 saturated carbocycles. The molecule has 1 N–H and O–H groups in total. The summed E-state index contributed by atoms with van der Waals surface area (Å²) in [4.78, 5) is 17.3. The van der Waals surface area contributed by atoms with Gasteiger partial charge >= 0.3 is 0 Å². The van der Waals surface area contributed by atoms with Crippen molar-refractivity contribution < 1.29 is 9.53 Å². The van der Waals surface area contributed by atoms with Crippen molar-refractivity contribution in [2.45, 2.75) is 20.1 Å². The third-order valence-corrected chi connectivity index (χ3v) is 5.65. The highest BCUT2D eigenvalue weighted by atomic mass is 35.5. The van der Waals surface area contributed by atoms with Crippen molar-refractivity contribution in [2.24, 2.45) is 0 Å². The largest absolute Gasteiger partial charge is 0.489 e. The molecule has 6 nitrogen and oxygen atoms in total. The van der Waals surface area contributed by atoms with E-state index < -0.39 is 0 Å². The van der Waals surface area contributed by atoms with Crippen LogP contribution in [0.3, 0.4) is 0 Å². The van der Waals surface area contributed by atoms with Crippen LogP contribution in [0.5, 0.6) is 5.75 Å². The molecule has 0 fully saturated rings. The van der Waals surface area contributed by atoms with Gasteiger partial charge in [0.15, 0.2) is 0 Å². The first kappa shape index (κ1) is 20.1. The van der Waals surface area contributed by atoms with Crippen LogP contribution in [0.15, 0.2) is 66.3 Å². The number of carbonyl (C=O) groups is 1. The number of aryl methyl sites for hydroxylation is 1. The van der Waals surface area contributed by atoms with Gasteiger partial charge in [0.05, 0.1) is 11.4 Å². The van der Waals surface area contributed by atoms with E-state index in [1.807, 2.05) is 35.7 Å². The average molecular weight is 439 g/mol. The van der Waals surface area contributed by atoms with Crippen LogP contribution in [0.2, 0.25) is 5.02 Å². The summed E-state index contributed by atoms with van der Waals surface area (Å²) in [6.45, 7) is 3.01. The Hall–Kier alpha value is -3.16. The minimum atomic E-state index is -0.248. The van der Waals surface area contributed by atoms with Crippen LogP contribution in [-0.4, -0.2) is 20.7 Å². The van der Waals surface area contributed by atoms with E-state index in [2.05, 4.69) is 28.4 Å². The molecule has 152 valence electrons. The fourth-order valence-corrected chi connectivity index (χ4v) is 3.82. The quantitative estimate of drug-likeness (QED) is 0.431. The number of nitrogens with zero attached hydrogens (tertiary/aromatic N) is 3. The molecular weight excluding hydrogens is 420 g/mol. The highest BCUT2D eigenvalue weighted by molar-refractivity contribution is 7.12. The van der Waals surface area contributed by atoms with Gasteiger partial charge in [-0.2, -0.15) is 0 Å². The maximum absolute atomic E-state index is 12.5. The Bertz CT molecular complexity index is 1170. The van der Waals surface area contributed by atoms with Crippen molar-refractivity contribution in [1.29, 1.82) is 0 Å². The molecule has 2 aromatic carbocycles. The third-order valence-electron chi connectivity index (χ3n) is 4.43. The van der Waals surface area contributed by atoms with Gasteiger partial charge < -0.3 is 4.74 Å². The molecule has 0 saturated heterocycles. The summed E-state index contributed by atoms with van der Waals surface area (Å²) in [7, 11) is 0. The Morgan fingerprint density at radius 1 is 1.20 bits per heavy atom. The number of amides is 1. The number of nitrogens with one attached hydrogen (secondary N) is 1. The van der Waals surface area contributed by atoms with Gasteiger partial charge in [0.2, 0.25) is 5.95 Å². The van der Waals surface area contributed by atoms with Crippen molar-refractivity contribution in [3.63, 3.8) is 0 Å². The Kier molecular flexibility index (Phi) is 6.11. The molecule has 0 aliphatic carbocycles. The highest BCUT2D eigenvalue weighted by Gasteiger charge is 2.13. The first-order valence-corrected chi connectivity index (χ1v) is 10.5. The minimum Gasteiger partial charge on any atom is -0.489 e. The smallest absolute Gasteiger partial charge is 0.268 e. The van der Waals surface area contributed by atoms with Gasteiger partial charge in [-0.3, -0.25) is 10.1 Å². The van der Waals surface area contributed by atoms with Gasteiger partial charge in [0.25, 0.3) is 5.91 Å². The molecule has 8 heteroatoms. The summed E-state index contributed by atoms with van der Waals surface area (Å²) >= 11 is 7.31. The number of hydrogen-bond donors (Lipinski definition) is 1. The van der Waals surface area contributed by atoms with Gasteiger partial charge in [0, 0.05) is 10.6 Å². The summed E-state index contributed by atoms with van der Waals surface area (Å²) in [6, 6.07) is 17.1. The zero-order valence-electron chi connectivity index (χ0n) is 16.2. The predicted molar refractivity (Wildman–Crippen MR) is 118 cm³/mol. The number of benzene rings is 2. The normalized spacial score (nSPS) is 10.7. The van der Waals surface area contributed by atoms with Crippen molar-refractivity contribution in [1.82, 2.24) is 14.8 Å². The highest BCUT2D eigenvalue weighted by Crippen LogP contribution is 2.21. The van der Waals surface area contributed by atoms with Crippen molar-refractivity contribution >= 4 is 34.8 Å². The Morgan fingerprint density at radius 2 is 2.07 bits per heavy atom. The molecule has 2 heterocycles. The van der Waals surface area contributed by atoms with E-state index in [0.717, 1.165) is 11.1 Å². The van der Waals surface area contributed by atoms with Crippen LogP contribution in [0.1, 0.15) is 26.4 Å². The molecule has 4 rings (SSSR count). The minimum absolute atomic E-state index is 0.248. The van der Waals surface area contributed by atoms with E-state index in [1.165, 1.54) is 16.9 Å². The number of halogens is 1. The molecule has 0 aliphatic heterocycles. The van der Waals surface area contributed by atoms with E-state index in [4.69, 9.17) is 16.3 Å². The molecule has 2 aromatic heterocycles. The lowest BCUT2D eigenvalue weighted by molar-refractivity contribution is 0.102. The SMILES string of the molecule is Cc1ccccc1Cn1cnc(NC(=O)c2cc(COc3cccc(Cl)c3)cs2)n1. The number of rotatable bonds is 7. The second-order valence-electron chi connectivity index (χ2n) is 6.71. The zero-order chi connectivity index (χ0) is 20.9. The molecule has 0 atom stereocenters. The Morgan fingerprint density at radius 3 is 2.90 bits per heavy atom. The topological polar surface area (TPSA) is 69.0 Å². The van der Waals surface area contributed by atoms with Gasteiger partial charge in [-0.05, 0) is 47.7 Å². The molecule has 0 spiro atoms. The predicted octanol–water partition coefficient (Wildman–Crippen LogP) is 5.18. The summed E-state index contributed by atoms with van der Waals surface area (Å²) in [5.41, 5.74) is 3.25. The van der Waals surface area contributed by atoms with E-state index in [9.17, 15) is 4.79 Å². The van der Waals surface area contributed by atoms with Crippen LogP contribution in [0.4, 0.5) is 5.95 Å². The fourth-order valence-electron chi connectivity index (χ4n) is 2.85. The summed E-state index contributed by atoms with van der Waals surface area (Å²) in [5, 5.41) is 9.60. The maximum atomic E-state index is 12.5. The lowest BCUT2D eigenvalue weighted by atomic mass is 10.1. The fraction of sp³-hybridized carbons (Fsp3) is 0.136. The van der Waals surface area contributed by atoms with Crippen molar-refractivity contribution in [3.05, 3.63) is 92.9 Å². The summed E-state index contributed by atoms with van der Waals surface area (Å²) in [5.74, 6) is 0.712. The standard InChI is InChI=1S/C22H19ClN4O2S/c1-15-5-2-3-6-17(15)11-27-14-24-22(26-27)25-21(28)20-9-16(13-30-20)12-29-19-8-4-7-18(23)10-19/h2-10,13-14H,11-12H2,1H3,(H,25,26,28). The lowest BCUT2D eigenvalue weighted by Gasteiger charge is -2.04. The summed E-state index contributed by atoms with van der Waals surface area (Å²) < 4.78 is 7.42. The van der Waals surface area contributed by atoms with Gasteiger partial charge in [0.1, 0.15) is 18.7 Å². The monoisotopic (exact) mass is 438 g/mol. The molecule has 1 amide bonds. The second kappa shape index (κ2) is 9.11. The Balaban J connectivity index is 1.34. The van der Waals surface area contributed by atoms with Crippen LogP contribution >= 0.6 is 22.9 Å². The van der Waals surface area contributed by atoms with Crippen LogP contribution in [0, 0.1) is 6.92 Å².